The number of piperazine rings is 1. The lowest BCUT2D eigenvalue weighted by Crippen LogP contribution is -2.48. The summed E-state index contributed by atoms with van der Waals surface area (Å²) < 4.78 is 10.8. The number of ether oxygens (including phenoxy) is 2. The number of hydrogen-bond acceptors (Lipinski definition) is 6. The SMILES string of the molecule is Cl.Cl.O=[N+]([O-])c1cc2c(cc1[C@@H](C1CCC1)N1CCNCC1)OCO2. The average Bonchev–Trinajstić information content (AvgIpc) is 2.97. The molecule has 2 heterocycles. The zero-order chi connectivity index (χ0) is 15.8. The van der Waals surface area contributed by atoms with Gasteiger partial charge in [0.2, 0.25) is 6.79 Å². The molecule has 1 saturated heterocycles. The topological polar surface area (TPSA) is 76.9 Å². The van der Waals surface area contributed by atoms with Crippen LogP contribution in [0.1, 0.15) is 30.9 Å². The molecule has 1 atom stereocenters. The Morgan fingerprint density at radius 2 is 1.80 bits per heavy atom. The number of fused-ring (bicyclic) bond motifs is 1. The van der Waals surface area contributed by atoms with Gasteiger partial charge >= 0.3 is 0 Å². The number of nitrogens with one attached hydrogen (secondary N) is 1. The summed E-state index contributed by atoms with van der Waals surface area (Å²) in [5.41, 5.74) is 0.940. The quantitative estimate of drug-likeness (QED) is 0.627. The van der Waals surface area contributed by atoms with Crippen LogP contribution >= 0.6 is 24.8 Å². The summed E-state index contributed by atoms with van der Waals surface area (Å²) >= 11 is 0. The maximum Gasteiger partial charge on any atom is 0.278 e. The molecular formula is C16H23Cl2N3O4. The van der Waals surface area contributed by atoms with Gasteiger partial charge in [0.05, 0.1) is 16.6 Å². The van der Waals surface area contributed by atoms with Crippen molar-refractivity contribution in [1.29, 1.82) is 0 Å². The van der Waals surface area contributed by atoms with E-state index in [2.05, 4.69) is 10.2 Å². The van der Waals surface area contributed by atoms with Gasteiger partial charge in [-0.25, -0.2) is 0 Å². The van der Waals surface area contributed by atoms with Crippen LogP contribution in [0.2, 0.25) is 0 Å². The molecule has 25 heavy (non-hydrogen) atoms. The van der Waals surface area contributed by atoms with E-state index in [1.807, 2.05) is 6.07 Å². The van der Waals surface area contributed by atoms with Gasteiger partial charge in [0, 0.05) is 32.2 Å². The highest BCUT2D eigenvalue weighted by atomic mass is 35.5. The lowest BCUT2D eigenvalue weighted by molar-refractivity contribution is -0.386. The van der Waals surface area contributed by atoms with Crippen molar-refractivity contribution in [3.05, 3.63) is 27.8 Å². The fourth-order valence-corrected chi connectivity index (χ4v) is 3.81. The molecule has 4 rings (SSSR count). The van der Waals surface area contributed by atoms with E-state index >= 15 is 0 Å². The molecule has 1 saturated carbocycles. The summed E-state index contributed by atoms with van der Waals surface area (Å²) in [5.74, 6) is 1.60. The Bertz CT molecular complexity index is 622. The second-order valence-electron chi connectivity index (χ2n) is 6.44. The number of benzene rings is 1. The number of hydrogen-bond donors (Lipinski definition) is 1. The molecule has 1 aromatic rings. The minimum absolute atomic E-state index is 0. The van der Waals surface area contributed by atoms with Gasteiger partial charge < -0.3 is 14.8 Å². The molecule has 0 amide bonds. The third kappa shape index (κ3) is 3.79. The first-order chi connectivity index (χ1) is 11.2. The van der Waals surface area contributed by atoms with E-state index in [1.54, 1.807) is 0 Å². The first kappa shape index (κ1) is 20.0. The summed E-state index contributed by atoms with van der Waals surface area (Å²) in [7, 11) is 0. The molecule has 3 aliphatic rings. The van der Waals surface area contributed by atoms with Gasteiger partial charge in [-0.1, -0.05) is 6.42 Å². The maximum atomic E-state index is 11.6. The van der Waals surface area contributed by atoms with Crippen LogP contribution in [-0.2, 0) is 0 Å². The Hall–Kier alpha value is -1.28. The van der Waals surface area contributed by atoms with Crippen LogP contribution in [0, 0.1) is 16.0 Å². The van der Waals surface area contributed by atoms with Crippen molar-refractivity contribution < 1.29 is 14.4 Å². The summed E-state index contributed by atoms with van der Waals surface area (Å²) in [5, 5.41) is 15.0. The third-order valence-corrected chi connectivity index (χ3v) is 5.18. The van der Waals surface area contributed by atoms with Crippen molar-refractivity contribution in [2.75, 3.05) is 33.0 Å². The predicted octanol–water partition coefficient (Wildman–Crippen LogP) is 2.91. The van der Waals surface area contributed by atoms with Crippen LogP contribution in [-0.4, -0.2) is 42.8 Å². The van der Waals surface area contributed by atoms with E-state index in [0.29, 0.717) is 17.4 Å². The largest absolute Gasteiger partial charge is 0.454 e. The molecule has 0 bridgehead atoms. The van der Waals surface area contributed by atoms with Crippen LogP contribution in [0.5, 0.6) is 11.5 Å². The van der Waals surface area contributed by atoms with Crippen LogP contribution in [0.15, 0.2) is 12.1 Å². The molecule has 0 unspecified atom stereocenters. The Morgan fingerprint density at radius 1 is 1.16 bits per heavy atom. The molecule has 1 aromatic carbocycles. The van der Waals surface area contributed by atoms with Crippen molar-refractivity contribution in [2.24, 2.45) is 5.92 Å². The second kappa shape index (κ2) is 8.40. The smallest absolute Gasteiger partial charge is 0.278 e. The van der Waals surface area contributed by atoms with E-state index in [0.717, 1.165) is 44.6 Å². The first-order valence-corrected chi connectivity index (χ1v) is 8.27. The zero-order valence-corrected chi connectivity index (χ0v) is 15.4. The predicted molar refractivity (Wildman–Crippen MR) is 98.2 cm³/mol. The first-order valence-electron chi connectivity index (χ1n) is 8.27. The van der Waals surface area contributed by atoms with Crippen molar-refractivity contribution in [2.45, 2.75) is 25.3 Å². The van der Waals surface area contributed by atoms with Crippen LogP contribution in [0.3, 0.4) is 0 Å². The van der Waals surface area contributed by atoms with Crippen LogP contribution in [0.4, 0.5) is 5.69 Å². The Labute approximate surface area is 159 Å². The van der Waals surface area contributed by atoms with Gasteiger partial charge in [-0.3, -0.25) is 15.0 Å². The Kier molecular flexibility index (Phi) is 6.73. The third-order valence-electron chi connectivity index (χ3n) is 5.18. The standard InChI is InChI=1S/C16H21N3O4.2ClH/c20-19(21)13-9-15-14(22-10-23-15)8-12(13)16(11-2-1-3-11)18-6-4-17-5-7-18;;/h8-9,11,16-17H,1-7,10H2;2*1H/t16-;;/m1../s1. The molecule has 1 aliphatic carbocycles. The van der Waals surface area contributed by atoms with Gasteiger partial charge in [-0.05, 0) is 24.8 Å². The Balaban J connectivity index is 0.00000113. The molecule has 0 radical (unpaired) electrons. The highest BCUT2D eigenvalue weighted by Crippen LogP contribution is 2.47. The molecule has 2 aliphatic heterocycles. The van der Waals surface area contributed by atoms with E-state index in [-0.39, 0.29) is 48.3 Å². The molecule has 7 nitrogen and oxygen atoms in total. The van der Waals surface area contributed by atoms with Crippen LogP contribution in [0.25, 0.3) is 0 Å². The van der Waals surface area contributed by atoms with Gasteiger partial charge in [0.1, 0.15) is 0 Å². The van der Waals surface area contributed by atoms with E-state index < -0.39 is 0 Å². The van der Waals surface area contributed by atoms with Crippen LogP contribution < -0.4 is 14.8 Å². The van der Waals surface area contributed by atoms with Gasteiger partial charge in [-0.2, -0.15) is 0 Å². The summed E-state index contributed by atoms with van der Waals surface area (Å²) in [6.07, 6.45) is 3.49. The number of nitrogens with zero attached hydrogens (tertiary/aromatic N) is 2. The molecule has 2 fully saturated rings. The molecule has 0 spiro atoms. The minimum Gasteiger partial charge on any atom is -0.454 e. The lowest BCUT2D eigenvalue weighted by Gasteiger charge is -2.43. The molecule has 140 valence electrons. The van der Waals surface area contributed by atoms with Gasteiger partial charge in [0.25, 0.3) is 5.69 Å². The van der Waals surface area contributed by atoms with Crippen molar-refractivity contribution >= 4 is 30.5 Å². The zero-order valence-electron chi connectivity index (χ0n) is 13.8. The van der Waals surface area contributed by atoms with Gasteiger partial charge in [-0.15, -0.1) is 24.8 Å². The maximum absolute atomic E-state index is 11.6. The fourth-order valence-electron chi connectivity index (χ4n) is 3.81. The average molecular weight is 392 g/mol. The normalized spacial score (nSPS) is 20.8. The molecular weight excluding hydrogens is 369 g/mol. The summed E-state index contributed by atoms with van der Waals surface area (Å²) in [6, 6.07) is 3.47. The minimum atomic E-state index is -0.287. The van der Waals surface area contributed by atoms with Gasteiger partial charge in [0.15, 0.2) is 11.5 Å². The molecule has 1 N–H and O–H groups in total. The summed E-state index contributed by atoms with van der Waals surface area (Å²) in [6.45, 7) is 3.85. The fraction of sp³-hybridized carbons (Fsp3) is 0.625. The highest BCUT2D eigenvalue weighted by molar-refractivity contribution is 5.85. The monoisotopic (exact) mass is 391 g/mol. The van der Waals surface area contributed by atoms with E-state index in [1.165, 1.54) is 12.5 Å². The second-order valence-corrected chi connectivity index (χ2v) is 6.44. The van der Waals surface area contributed by atoms with Crippen molar-refractivity contribution in [3.63, 3.8) is 0 Å². The summed E-state index contributed by atoms with van der Waals surface area (Å²) in [4.78, 5) is 13.7. The number of nitro groups is 1. The number of rotatable bonds is 4. The van der Waals surface area contributed by atoms with E-state index in [9.17, 15) is 10.1 Å². The highest BCUT2D eigenvalue weighted by Gasteiger charge is 2.38. The molecule has 0 aromatic heterocycles. The lowest BCUT2D eigenvalue weighted by atomic mass is 9.76. The number of nitro benzene ring substituents is 1. The van der Waals surface area contributed by atoms with Crippen molar-refractivity contribution in [1.82, 2.24) is 10.2 Å². The Morgan fingerprint density at radius 3 is 2.36 bits per heavy atom. The van der Waals surface area contributed by atoms with E-state index in [4.69, 9.17) is 9.47 Å². The molecule has 9 heteroatoms. The number of halogens is 2. The van der Waals surface area contributed by atoms with Crippen molar-refractivity contribution in [3.8, 4) is 11.5 Å².